The molecule has 1 amide bonds. The second-order valence-electron chi connectivity index (χ2n) is 5.45. The second kappa shape index (κ2) is 8.51. The molecule has 0 bridgehead atoms. The average molecular weight is 240 g/mol. The van der Waals surface area contributed by atoms with Gasteiger partial charge in [0.1, 0.15) is 0 Å². The minimum atomic E-state index is 0.287. The largest absolute Gasteiger partial charge is 0.356 e. The Hall–Kier alpha value is -0.570. The highest BCUT2D eigenvalue weighted by Gasteiger charge is 2.23. The maximum atomic E-state index is 11.9. The van der Waals surface area contributed by atoms with Crippen molar-refractivity contribution in [3.05, 3.63) is 0 Å². The molecule has 0 atom stereocenters. The Bertz CT molecular complexity index is 210. The molecule has 0 radical (unpaired) electrons. The van der Waals surface area contributed by atoms with Crippen molar-refractivity contribution in [2.75, 3.05) is 13.1 Å². The highest BCUT2D eigenvalue weighted by molar-refractivity contribution is 5.78. The molecule has 1 aliphatic rings. The number of nitrogens with one attached hydrogen (secondary N) is 1. The maximum absolute atomic E-state index is 11.9. The van der Waals surface area contributed by atoms with E-state index in [4.69, 9.17) is 5.73 Å². The topological polar surface area (TPSA) is 55.1 Å². The predicted molar refractivity (Wildman–Crippen MR) is 71.7 cm³/mol. The Morgan fingerprint density at radius 3 is 2.41 bits per heavy atom. The minimum absolute atomic E-state index is 0.287. The molecular weight excluding hydrogens is 212 g/mol. The fourth-order valence-corrected chi connectivity index (χ4v) is 2.50. The fraction of sp³-hybridized carbons (Fsp3) is 0.929. The van der Waals surface area contributed by atoms with Gasteiger partial charge in [-0.05, 0) is 51.0 Å². The van der Waals surface area contributed by atoms with Crippen LogP contribution in [0.4, 0.5) is 0 Å². The van der Waals surface area contributed by atoms with Crippen LogP contribution in [-0.2, 0) is 4.79 Å². The second-order valence-corrected chi connectivity index (χ2v) is 5.45. The van der Waals surface area contributed by atoms with Gasteiger partial charge in [-0.2, -0.15) is 0 Å². The normalized spacial score (nSPS) is 24.6. The smallest absolute Gasteiger partial charge is 0.223 e. The highest BCUT2D eigenvalue weighted by atomic mass is 16.1. The summed E-state index contributed by atoms with van der Waals surface area (Å²) in [6.07, 6.45) is 9.17. The summed E-state index contributed by atoms with van der Waals surface area (Å²) in [5.41, 5.74) is 5.43. The van der Waals surface area contributed by atoms with E-state index in [2.05, 4.69) is 12.2 Å². The first-order chi connectivity index (χ1) is 8.24. The highest BCUT2D eigenvalue weighted by Crippen LogP contribution is 2.28. The summed E-state index contributed by atoms with van der Waals surface area (Å²) in [4.78, 5) is 11.9. The molecule has 1 fully saturated rings. The first-order valence-corrected chi connectivity index (χ1v) is 7.21. The van der Waals surface area contributed by atoms with Gasteiger partial charge in [0.25, 0.3) is 0 Å². The van der Waals surface area contributed by atoms with Gasteiger partial charge < -0.3 is 11.1 Å². The molecule has 0 heterocycles. The number of nitrogens with two attached hydrogens (primary N) is 1. The summed E-state index contributed by atoms with van der Waals surface area (Å²) < 4.78 is 0. The first kappa shape index (κ1) is 14.5. The summed E-state index contributed by atoms with van der Waals surface area (Å²) in [6, 6.07) is 0. The Morgan fingerprint density at radius 1 is 1.12 bits per heavy atom. The Balaban J connectivity index is 2.01. The van der Waals surface area contributed by atoms with Crippen LogP contribution >= 0.6 is 0 Å². The van der Waals surface area contributed by atoms with E-state index in [1.54, 1.807) is 0 Å². The Kier molecular flexibility index (Phi) is 7.25. The molecule has 0 aliphatic heterocycles. The summed E-state index contributed by atoms with van der Waals surface area (Å²) in [7, 11) is 0. The van der Waals surface area contributed by atoms with Crippen LogP contribution in [0.5, 0.6) is 0 Å². The van der Waals surface area contributed by atoms with Gasteiger partial charge in [-0.1, -0.05) is 19.8 Å². The number of carbonyl (C=O) groups is 1. The molecular formula is C14H28N2O. The lowest BCUT2D eigenvalue weighted by molar-refractivity contribution is -0.126. The minimum Gasteiger partial charge on any atom is -0.356 e. The quantitative estimate of drug-likeness (QED) is 0.672. The number of carbonyl (C=O) groups excluding carboxylic acids is 1. The number of amides is 1. The van der Waals surface area contributed by atoms with Gasteiger partial charge in [-0.25, -0.2) is 0 Å². The van der Waals surface area contributed by atoms with E-state index >= 15 is 0 Å². The summed E-state index contributed by atoms with van der Waals surface area (Å²) in [6.45, 7) is 3.91. The first-order valence-electron chi connectivity index (χ1n) is 7.21. The van der Waals surface area contributed by atoms with E-state index in [-0.39, 0.29) is 11.8 Å². The monoisotopic (exact) mass is 240 g/mol. The number of hydrogen-bond donors (Lipinski definition) is 2. The zero-order valence-corrected chi connectivity index (χ0v) is 11.2. The van der Waals surface area contributed by atoms with Gasteiger partial charge >= 0.3 is 0 Å². The molecule has 100 valence electrons. The number of rotatable bonds is 7. The van der Waals surface area contributed by atoms with E-state index < -0.39 is 0 Å². The van der Waals surface area contributed by atoms with Crippen molar-refractivity contribution in [3.63, 3.8) is 0 Å². The van der Waals surface area contributed by atoms with Crippen LogP contribution in [0.1, 0.15) is 58.3 Å². The van der Waals surface area contributed by atoms with E-state index in [1.807, 2.05) is 0 Å². The lowest BCUT2D eigenvalue weighted by atomic mass is 9.82. The number of unbranched alkanes of at least 4 members (excludes halogenated alkanes) is 3. The molecule has 0 aromatic rings. The molecule has 1 saturated carbocycles. The van der Waals surface area contributed by atoms with Crippen LogP contribution in [0.2, 0.25) is 0 Å². The van der Waals surface area contributed by atoms with Gasteiger partial charge in [0.2, 0.25) is 5.91 Å². The number of hydrogen-bond acceptors (Lipinski definition) is 2. The summed E-state index contributed by atoms with van der Waals surface area (Å²) >= 11 is 0. The Morgan fingerprint density at radius 2 is 1.76 bits per heavy atom. The van der Waals surface area contributed by atoms with Gasteiger partial charge in [-0.3, -0.25) is 4.79 Å². The summed E-state index contributed by atoms with van der Waals surface area (Å²) in [5, 5.41) is 3.07. The van der Waals surface area contributed by atoms with Crippen LogP contribution in [-0.4, -0.2) is 19.0 Å². The molecule has 0 aromatic heterocycles. The van der Waals surface area contributed by atoms with E-state index in [9.17, 15) is 4.79 Å². The zero-order valence-electron chi connectivity index (χ0n) is 11.2. The Labute approximate surface area is 106 Å². The third-order valence-corrected chi connectivity index (χ3v) is 3.82. The molecule has 17 heavy (non-hydrogen) atoms. The van der Waals surface area contributed by atoms with Crippen LogP contribution in [0, 0.1) is 11.8 Å². The molecule has 1 aliphatic carbocycles. The van der Waals surface area contributed by atoms with Gasteiger partial charge in [-0.15, -0.1) is 0 Å². The molecule has 0 unspecified atom stereocenters. The van der Waals surface area contributed by atoms with Crippen molar-refractivity contribution in [1.29, 1.82) is 0 Å². The van der Waals surface area contributed by atoms with Crippen molar-refractivity contribution >= 4 is 5.91 Å². The van der Waals surface area contributed by atoms with Crippen LogP contribution in [0.3, 0.4) is 0 Å². The summed E-state index contributed by atoms with van der Waals surface area (Å²) in [5.74, 6) is 1.39. The predicted octanol–water partition coefficient (Wildman–Crippen LogP) is 2.45. The molecule has 1 rings (SSSR count). The van der Waals surface area contributed by atoms with Crippen molar-refractivity contribution in [2.24, 2.45) is 17.6 Å². The van der Waals surface area contributed by atoms with Crippen molar-refractivity contribution in [2.45, 2.75) is 58.3 Å². The van der Waals surface area contributed by atoms with Crippen LogP contribution in [0.15, 0.2) is 0 Å². The third kappa shape index (κ3) is 6.06. The van der Waals surface area contributed by atoms with Gasteiger partial charge in [0.15, 0.2) is 0 Å². The molecule has 3 N–H and O–H groups in total. The fourth-order valence-electron chi connectivity index (χ4n) is 2.50. The average Bonchev–Trinajstić information content (AvgIpc) is 2.34. The van der Waals surface area contributed by atoms with Gasteiger partial charge in [0, 0.05) is 12.5 Å². The lowest BCUT2D eigenvalue weighted by Gasteiger charge is -2.25. The van der Waals surface area contributed by atoms with Crippen LogP contribution < -0.4 is 11.1 Å². The molecule has 0 spiro atoms. The van der Waals surface area contributed by atoms with E-state index in [0.29, 0.717) is 0 Å². The molecule has 0 aromatic carbocycles. The van der Waals surface area contributed by atoms with Crippen molar-refractivity contribution < 1.29 is 4.79 Å². The molecule has 0 saturated heterocycles. The van der Waals surface area contributed by atoms with Crippen molar-refractivity contribution in [3.8, 4) is 0 Å². The van der Waals surface area contributed by atoms with E-state index in [1.165, 1.54) is 25.7 Å². The molecule has 3 heteroatoms. The lowest BCUT2D eigenvalue weighted by Crippen LogP contribution is -2.33. The van der Waals surface area contributed by atoms with E-state index in [0.717, 1.165) is 44.7 Å². The van der Waals surface area contributed by atoms with Gasteiger partial charge in [0.05, 0.1) is 0 Å². The van der Waals surface area contributed by atoms with Crippen LogP contribution in [0.25, 0.3) is 0 Å². The maximum Gasteiger partial charge on any atom is 0.223 e. The third-order valence-electron chi connectivity index (χ3n) is 3.82. The molecule has 3 nitrogen and oxygen atoms in total. The zero-order chi connectivity index (χ0) is 12.5. The standard InChI is InChI=1S/C14H28N2O/c1-12-6-8-13(9-7-12)14(17)16-11-5-3-2-4-10-15/h12-13H,2-11,15H2,1H3,(H,16,17). The SMILES string of the molecule is CC1CCC(C(=O)NCCCCCCN)CC1. The van der Waals surface area contributed by atoms with Crippen molar-refractivity contribution in [1.82, 2.24) is 5.32 Å².